The lowest BCUT2D eigenvalue weighted by Crippen LogP contribution is -2.25. The quantitative estimate of drug-likeness (QED) is 0.103. The highest BCUT2D eigenvalue weighted by Crippen LogP contribution is 2.26. The molecule has 0 aliphatic heterocycles. The Labute approximate surface area is 320 Å². The molecule has 1 N–H and O–H groups in total. The average molecular weight is 749 g/mol. The van der Waals surface area contributed by atoms with Gasteiger partial charge >= 0.3 is 6.18 Å². The molecule has 0 heterocycles. The third kappa shape index (κ3) is 26.5. The number of halogens is 3. The molecule has 53 heavy (non-hydrogen) atoms. The zero-order chi connectivity index (χ0) is 42.0. The van der Waals surface area contributed by atoms with Gasteiger partial charge in [0.2, 0.25) is 0 Å². The van der Waals surface area contributed by atoms with Gasteiger partial charge in [-0.2, -0.15) is 18.4 Å². The summed E-state index contributed by atoms with van der Waals surface area (Å²) in [5, 5.41) is 10.3. The van der Waals surface area contributed by atoms with Crippen molar-refractivity contribution < 1.29 is 27.6 Å². The minimum Gasteiger partial charge on any atom is -0.321 e. The molecule has 0 aliphatic rings. The first-order chi connectivity index (χ1) is 25.0. The van der Waals surface area contributed by atoms with Crippen LogP contribution in [0.4, 0.5) is 18.9 Å². The molecule has 302 valence electrons. The maximum atomic E-state index is 13.2. The van der Waals surface area contributed by atoms with Crippen LogP contribution in [0.25, 0.3) is 0 Å². The van der Waals surface area contributed by atoms with Crippen LogP contribution in [0.1, 0.15) is 170 Å². The maximum Gasteiger partial charge on any atom is 0.433 e. The SMILES string of the molecule is C/C=C(C(=NC)C(F)(F)F)/C(C)=C/N=C(C)C(=O)Nc1ccc(C(=O)CCCC)c(CC)c1.CC.CCC#N.CCCC.CCCC(CCC)C(C)=O. The number of nitriles is 1. The minimum absolute atomic E-state index is 0.0768. The molecule has 0 unspecified atom stereocenters. The highest BCUT2D eigenvalue weighted by atomic mass is 19.4. The normalized spacial score (nSPS) is 11.6. The number of anilines is 1. The number of unbranched alkanes of at least 4 members (excludes halogenated alkanes) is 2. The average Bonchev–Trinajstić information content (AvgIpc) is 3.15. The molecule has 0 aliphatic carbocycles. The zero-order valence-electron chi connectivity index (χ0n) is 35.4. The molecule has 1 rings (SSSR count). The molecular weight excluding hydrogens is 677 g/mol. The molecule has 10 heteroatoms. The third-order valence-electron chi connectivity index (χ3n) is 7.55. The second-order valence-corrected chi connectivity index (χ2v) is 11.9. The van der Waals surface area contributed by atoms with Crippen LogP contribution in [0.15, 0.2) is 51.6 Å². The number of hydrogen-bond acceptors (Lipinski definition) is 6. The first kappa shape index (κ1) is 55.9. The van der Waals surface area contributed by atoms with Gasteiger partial charge in [-0.25, -0.2) is 0 Å². The Balaban J connectivity index is -0.000000490. The van der Waals surface area contributed by atoms with Crippen LogP contribution in [0.5, 0.6) is 0 Å². The van der Waals surface area contributed by atoms with Crippen molar-refractivity contribution in [2.24, 2.45) is 15.9 Å². The fourth-order valence-electron chi connectivity index (χ4n) is 4.45. The molecule has 0 saturated carbocycles. The largest absolute Gasteiger partial charge is 0.433 e. The Morgan fingerprint density at radius 2 is 1.43 bits per heavy atom. The molecular formula is C43H71F3N4O3. The van der Waals surface area contributed by atoms with E-state index in [1.54, 1.807) is 25.1 Å². The number of aryl methyl sites for hydroxylation is 1. The number of nitrogens with one attached hydrogen (secondary N) is 1. The number of amides is 1. The number of hydrogen-bond donors (Lipinski definition) is 1. The van der Waals surface area contributed by atoms with Gasteiger partial charge in [-0.05, 0) is 82.7 Å². The number of rotatable bonds is 16. The first-order valence-electron chi connectivity index (χ1n) is 19.3. The van der Waals surface area contributed by atoms with Crippen LogP contribution < -0.4 is 5.32 Å². The summed E-state index contributed by atoms with van der Waals surface area (Å²) in [7, 11) is 1.08. The van der Waals surface area contributed by atoms with E-state index in [1.807, 2.05) is 40.7 Å². The molecule has 0 aromatic heterocycles. The number of carbonyl (C=O) groups excluding carboxylic acids is 3. The fraction of sp³-hybridized carbons (Fsp3) is 0.628. The van der Waals surface area contributed by atoms with Gasteiger partial charge in [0, 0.05) is 48.8 Å². The van der Waals surface area contributed by atoms with Gasteiger partial charge in [-0.1, -0.05) is 100 Å². The third-order valence-corrected chi connectivity index (χ3v) is 7.55. The van der Waals surface area contributed by atoms with Crippen LogP contribution in [-0.4, -0.2) is 42.1 Å². The monoisotopic (exact) mass is 749 g/mol. The van der Waals surface area contributed by atoms with E-state index in [-0.39, 0.29) is 22.6 Å². The van der Waals surface area contributed by atoms with Gasteiger partial charge in [0.15, 0.2) is 5.78 Å². The van der Waals surface area contributed by atoms with E-state index in [9.17, 15) is 27.6 Å². The van der Waals surface area contributed by atoms with Crippen molar-refractivity contribution in [3.05, 3.63) is 52.7 Å². The van der Waals surface area contributed by atoms with Gasteiger partial charge in [0.25, 0.3) is 5.91 Å². The second-order valence-electron chi connectivity index (χ2n) is 11.9. The Morgan fingerprint density at radius 1 is 0.906 bits per heavy atom. The summed E-state index contributed by atoms with van der Waals surface area (Å²) >= 11 is 0. The smallest absolute Gasteiger partial charge is 0.321 e. The fourth-order valence-corrected chi connectivity index (χ4v) is 4.45. The van der Waals surface area contributed by atoms with Gasteiger partial charge in [-0.15, -0.1) is 0 Å². The molecule has 1 aromatic rings. The first-order valence-corrected chi connectivity index (χ1v) is 19.3. The van der Waals surface area contributed by atoms with Crippen LogP contribution in [0.2, 0.25) is 0 Å². The lowest BCUT2D eigenvalue weighted by atomic mass is 9.95. The summed E-state index contributed by atoms with van der Waals surface area (Å²) in [6, 6.07) is 7.07. The van der Waals surface area contributed by atoms with E-state index in [2.05, 4.69) is 43.0 Å². The lowest BCUT2D eigenvalue weighted by molar-refractivity contribution is -0.121. The van der Waals surface area contributed by atoms with Crippen LogP contribution in [-0.2, 0) is 16.0 Å². The van der Waals surface area contributed by atoms with Crippen molar-refractivity contribution in [3.63, 3.8) is 0 Å². The molecule has 1 amide bonds. The molecule has 1 aromatic carbocycles. The number of alkyl halides is 3. The van der Waals surface area contributed by atoms with Gasteiger partial charge in [0.1, 0.15) is 17.2 Å². The van der Waals surface area contributed by atoms with Crippen LogP contribution >= 0.6 is 0 Å². The highest BCUT2D eigenvalue weighted by molar-refractivity contribution is 6.42. The van der Waals surface area contributed by atoms with Gasteiger partial charge in [-0.3, -0.25) is 24.4 Å². The lowest BCUT2D eigenvalue weighted by Gasteiger charge is -2.13. The second kappa shape index (κ2) is 35.2. The molecule has 0 fully saturated rings. The minimum atomic E-state index is -4.59. The van der Waals surface area contributed by atoms with Crippen LogP contribution in [0.3, 0.4) is 0 Å². The van der Waals surface area contributed by atoms with E-state index < -0.39 is 17.8 Å². The zero-order valence-corrected chi connectivity index (χ0v) is 35.4. The number of nitrogens with zero attached hydrogens (tertiary/aromatic N) is 3. The molecule has 7 nitrogen and oxygen atoms in total. The van der Waals surface area contributed by atoms with E-state index in [1.165, 1.54) is 45.9 Å². The Hall–Kier alpha value is -3.87. The van der Waals surface area contributed by atoms with Crippen molar-refractivity contribution in [1.29, 1.82) is 5.26 Å². The van der Waals surface area contributed by atoms with E-state index >= 15 is 0 Å². The van der Waals surface area contributed by atoms with E-state index in [0.717, 1.165) is 51.1 Å². The van der Waals surface area contributed by atoms with Gasteiger partial charge < -0.3 is 5.32 Å². The van der Waals surface area contributed by atoms with E-state index in [0.29, 0.717) is 42.2 Å². The van der Waals surface area contributed by atoms with Crippen LogP contribution in [0, 0.1) is 17.2 Å². The summed E-state index contributed by atoms with van der Waals surface area (Å²) in [5.41, 5.74) is 1.22. The summed E-state index contributed by atoms with van der Waals surface area (Å²) in [5.74, 6) is 0.297. The number of aliphatic imine (C=N–C) groups is 2. The Morgan fingerprint density at radius 3 is 1.79 bits per heavy atom. The van der Waals surface area contributed by atoms with Crippen molar-refractivity contribution in [2.45, 2.75) is 167 Å². The summed E-state index contributed by atoms with van der Waals surface area (Å²) in [6.45, 7) is 24.5. The van der Waals surface area contributed by atoms with Crippen molar-refractivity contribution in [2.75, 3.05) is 12.4 Å². The Kier molecular flexibility index (Phi) is 37.1. The maximum absolute atomic E-state index is 13.2. The summed E-state index contributed by atoms with van der Waals surface area (Å²) in [4.78, 5) is 43.2. The number of carbonyl (C=O) groups is 3. The Bertz CT molecular complexity index is 1330. The molecule has 0 atom stereocenters. The predicted octanol–water partition coefficient (Wildman–Crippen LogP) is 13.0. The molecule has 0 bridgehead atoms. The number of benzene rings is 1. The number of allylic oxidation sites excluding steroid dienone is 3. The van der Waals surface area contributed by atoms with Gasteiger partial charge in [0.05, 0.1) is 6.07 Å². The van der Waals surface area contributed by atoms with Crippen molar-refractivity contribution >= 4 is 34.6 Å². The summed E-state index contributed by atoms with van der Waals surface area (Å²) < 4.78 is 39.5. The number of Topliss-reactive ketones (excluding diaryl/α,β-unsaturated/α-hetero) is 2. The van der Waals surface area contributed by atoms with Crippen molar-refractivity contribution in [1.82, 2.24) is 0 Å². The summed E-state index contributed by atoms with van der Waals surface area (Å²) in [6.07, 6.45) is 8.48. The van der Waals surface area contributed by atoms with E-state index in [4.69, 9.17) is 5.26 Å². The van der Waals surface area contributed by atoms with Crippen molar-refractivity contribution in [3.8, 4) is 6.07 Å². The predicted molar refractivity (Wildman–Crippen MR) is 220 cm³/mol. The molecule has 0 spiro atoms. The topological polar surface area (TPSA) is 112 Å². The standard InChI is InChI=1S/C25H32F3N3O2.C9H18O.C4H10.C3H5N.C2H6/c1-7-10-11-22(32)21-13-12-19(14-18(21)8-2)31-24(33)17(5)30-15-16(4)20(9-3)23(29-6)25(26,27)28;1-4-6-9(7-5-2)8(3)10;1-3-4-2;1-2-3-4;1-2/h9,12-15H,7-8,10-11H2,1-6H3,(H,31,33);9H,4-7H2,1-3H3;3-4H2,1-2H3;2H2,1H3;1-2H3/b16-15+,20-9-,29-23?,30-17?;;;;. The molecule has 0 radical (unpaired) electrons. The molecule has 0 saturated heterocycles. The number of ketones is 2. The highest BCUT2D eigenvalue weighted by Gasteiger charge is 2.37.